The molecule has 0 saturated heterocycles. The number of rotatable bonds is 1. The summed E-state index contributed by atoms with van der Waals surface area (Å²) in [6.45, 7) is 7.14. The lowest BCUT2D eigenvalue weighted by Crippen LogP contribution is -2.01. The molecule has 0 atom stereocenters. The minimum atomic E-state index is 1.00. The van der Waals surface area contributed by atoms with Crippen molar-refractivity contribution in [2.45, 2.75) is 20.8 Å². The molecule has 0 radical (unpaired) electrons. The highest BCUT2D eigenvalue weighted by Crippen LogP contribution is 1.34. The quantitative estimate of drug-likeness (QED) is 0.539. The Morgan fingerprint density at radius 2 is 1.38 bits per heavy atom. The van der Waals surface area contributed by atoms with E-state index in [2.05, 4.69) is 12.2 Å². The monoisotopic (exact) mass is 121 g/mol. The van der Waals surface area contributed by atoms with Gasteiger partial charge in [-0.2, -0.15) is 0 Å². The van der Waals surface area contributed by atoms with Crippen molar-refractivity contribution in [2.75, 3.05) is 20.7 Å². The molecule has 0 aromatic rings. The topological polar surface area (TPSA) is 32.3 Å². The molecule has 2 nitrogen and oxygen atoms in total. The lowest BCUT2D eigenvalue weighted by atomic mass is 10.8. The fourth-order valence-electron chi connectivity index (χ4n) is 0. The summed E-state index contributed by atoms with van der Waals surface area (Å²) in [5.74, 6) is 0. The molecule has 2 heteroatoms. The van der Waals surface area contributed by atoms with Crippen LogP contribution in [0.2, 0.25) is 0 Å². The Labute approximate surface area is 52.9 Å². The lowest BCUT2D eigenvalue weighted by Gasteiger charge is -1.76. The Bertz CT molecular complexity index is 10.5. The molecule has 0 aliphatic heterocycles. The third-order valence-corrected chi connectivity index (χ3v) is 0.354. The van der Waals surface area contributed by atoms with Crippen molar-refractivity contribution >= 4 is 0 Å². The second-order valence-electron chi connectivity index (χ2n) is 0.707. The van der Waals surface area contributed by atoms with Gasteiger partial charge >= 0.3 is 0 Å². The molecule has 0 amide bonds. The Morgan fingerprint density at radius 3 is 1.38 bits per heavy atom. The molecule has 0 aromatic heterocycles. The molecule has 54 valence electrons. The normalized spacial score (nSPS) is 5.25. The van der Waals surface area contributed by atoms with Crippen molar-refractivity contribution in [2.24, 2.45) is 0 Å². The molecule has 0 unspecified atom stereocenters. The van der Waals surface area contributed by atoms with Gasteiger partial charge in [-0.15, -0.1) is 0 Å². The molecular weight excluding hydrogens is 102 g/mol. The molecule has 0 spiro atoms. The first-order chi connectivity index (χ1) is 3.91. The van der Waals surface area contributed by atoms with Crippen LogP contribution in [0.4, 0.5) is 0 Å². The minimum Gasteiger partial charge on any atom is -0.400 e. The number of hydrogen-bond acceptors (Lipinski definition) is 2. The van der Waals surface area contributed by atoms with Crippen LogP contribution in [0.25, 0.3) is 0 Å². The molecule has 0 rings (SSSR count). The van der Waals surface area contributed by atoms with Crippen LogP contribution in [0, 0.1) is 0 Å². The molecule has 8 heavy (non-hydrogen) atoms. The van der Waals surface area contributed by atoms with E-state index in [-0.39, 0.29) is 0 Å². The van der Waals surface area contributed by atoms with E-state index in [1.165, 1.54) is 0 Å². The fraction of sp³-hybridized carbons (Fsp3) is 1.00. The van der Waals surface area contributed by atoms with E-state index in [0.717, 1.165) is 13.7 Å². The van der Waals surface area contributed by atoms with Crippen molar-refractivity contribution in [3.8, 4) is 0 Å². The Hall–Kier alpha value is -0.0800. The first-order valence-corrected chi connectivity index (χ1v) is 3.01. The van der Waals surface area contributed by atoms with Crippen LogP contribution in [0.5, 0.6) is 0 Å². The van der Waals surface area contributed by atoms with Crippen LogP contribution in [0.3, 0.4) is 0 Å². The maximum absolute atomic E-state index is 7.00. The predicted octanol–water partition coefficient (Wildman–Crippen LogP) is 0.860. The average molecular weight is 121 g/mol. The van der Waals surface area contributed by atoms with Gasteiger partial charge in [0, 0.05) is 7.11 Å². The van der Waals surface area contributed by atoms with E-state index in [1.807, 2.05) is 20.9 Å². The average Bonchev–Trinajstić information content (AvgIpc) is 1.96. The summed E-state index contributed by atoms with van der Waals surface area (Å²) >= 11 is 0. The highest BCUT2D eigenvalue weighted by Gasteiger charge is 1.50. The third kappa shape index (κ3) is 169. The Kier molecular flexibility index (Phi) is 129. The van der Waals surface area contributed by atoms with Crippen LogP contribution in [-0.4, -0.2) is 25.8 Å². The third-order valence-electron chi connectivity index (χ3n) is 0.354. The highest BCUT2D eigenvalue weighted by atomic mass is 16.2. The lowest BCUT2D eigenvalue weighted by molar-refractivity contribution is 0.399. The van der Waals surface area contributed by atoms with E-state index < -0.39 is 0 Å². The summed E-state index contributed by atoms with van der Waals surface area (Å²) in [4.78, 5) is 0. The van der Waals surface area contributed by atoms with Crippen molar-refractivity contribution < 1.29 is 5.11 Å². The van der Waals surface area contributed by atoms with E-state index in [4.69, 9.17) is 5.11 Å². The highest BCUT2D eigenvalue weighted by molar-refractivity contribution is 4.15. The molecule has 0 aromatic carbocycles. The number of hydrogen-bond donors (Lipinski definition) is 2. The van der Waals surface area contributed by atoms with Gasteiger partial charge < -0.3 is 10.4 Å². The summed E-state index contributed by atoms with van der Waals surface area (Å²) in [5, 5.41) is 9.93. The van der Waals surface area contributed by atoms with Gasteiger partial charge in [0.15, 0.2) is 0 Å². The van der Waals surface area contributed by atoms with E-state index in [9.17, 15) is 0 Å². The van der Waals surface area contributed by atoms with Crippen molar-refractivity contribution in [1.29, 1.82) is 0 Å². The van der Waals surface area contributed by atoms with Gasteiger partial charge in [-0.1, -0.05) is 20.8 Å². The maximum atomic E-state index is 7.00. The second kappa shape index (κ2) is 65.8. The van der Waals surface area contributed by atoms with Crippen molar-refractivity contribution in [1.82, 2.24) is 5.32 Å². The van der Waals surface area contributed by atoms with Gasteiger partial charge in [0.05, 0.1) is 0 Å². The molecule has 0 saturated carbocycles. The van der Waals surface area contributed by atoms with Gasteiger partial charge in [-0.3, -0.25) is 0 Å². The maximum Gasteiger partial charge on any atom is 0.0319 e. The molecule has 0 aliphatic carbocycles. The Balaban J connectivity index is -0.0000000542. The summed E-state index contributed by atoms with van der Waals surface area (Å²) in [7, 11) is 2.93. The molecule has 0 aliphatic rings. The van der Waals surface area contributed by atoms with Gasteiger partial charge in [-0.25, -0.2) is 0 Å². The minimum absolute atomic E-state index is 1.00. The molecule has 0 bridgehead atoms. The zero-order valence-electron chi connectivity index (χ0n) is 6.65. The standard InChI is InChI=1S/C3H9N.C2H6.CH4O/c1-3-4-2;2*1-2/h4H,3H2,1-2H3;1-2H3;2H,1H3. The molecule has 2 N–H and O–H groups in total. The first-order valence-electron chi connectivity index (χ1n) is 3.01. The number of nitrogens with one attached hydrogen (secondary N) is 1. The van der Waals surface area contributed by atoms with Crippen LogP contribution in [0.15, 0.2) is 0 Å². The molecular formula is C6H19NO. The first kappa shape index (κ1) is 15.7. The molecule has 0 heterocycles. The van der Waals surface area contributed by atoms with Crippen LogP contribution < -0.4 is 5.32 Å². The van der Waals surface area contributed by atoms with Gasteiger partial charge in [0.2, 0.25) is 0 Å². The van der Waals surface area contributed by atoms with Crippen LogP contribution in [-0.2, 0) is 0 Å². The fourth-order valence-corrected chi connectivity index (χ4v) is 0. The van der Waals surface area contributed by atoms with Crippen molar-refractivity contribution in [3.05, 3.63) is 0 Å². The zero-order valence-corrected chi connectivity index (χ0v) is 6.65. The van der Waals surface area contributed by atoms with E-state index in [0.29, 0.717) is 0 Å². The predicted molar refractivity (Wildman–Crippen MR) is 39.1 cm³/mol. The van der Waals surface area contributed by atoms with Gasteiger partial charge in [0.25, 0.3) is 0 Å². The number of aliphatic hydroxyl groups is 1. The van der Waals surface area contributed by atoms with Gasteiger partial charge in [0.1, 0.15) is 0 Å². The van der Waals surface area contributed by atoms with Crippen molar-refractivity contribution in [3.63, 3.8) is 0 Å². The summed E-state index contributed by atoms with van der Waals surface area (Å²) in [6, 6.07) is 0. The number of aliphatic hydroxyl groups excluding tert-OH is 1. The molecule has 0 fully saturated rings. The van der Waals surface area contributed by atoms with Crippen LogP contribution >= 0.6 is 0 Å². The Morgan fingerprint density at radius 1 is 1.25 bits per heavy atom. The smallest absolute Gasteiger partial charge is 0.0319 e. The van der Waals surface area contributed by atoms with Crippen LogP contribution in [0.1, 0.15) is 20.8 Å². The summed E-state index contributed by atoms with van der Waals surface area (Å²) < 4.78 is 0. The van der Waals surface area contributed by atoms with E-state index in [1.54, 1.807) is 0 Å². The summed E-state index contributed by atoms with van der Waals surface area (Å²) in [6.07, 6.45) is 0. The largest absolute Gasteiger partial charge is 0.400 e. The van der Waals surface area contributed by atoms with E-state index >= 15 is 0 Å². The van der Waals surface area contributed by atoms with Gasteiger partial charge in [-0.05, 0) is 13.6 Å². The SMILES string of the molecule is CC.CCNC.CO. The zero-order chi connectivity index (χ0) is 7.41. The summed E-state index contributed by atoms with van der Waals surface area (Å²) in [5.41, 5.74) is 0. The second-order valence-corrected chi connectivity index (χ2v) is 0.707.